The van der Waals surface area contributed by atoms with Crippen molar-refractivity contribution in [3.63, 3.8) is 0 Å². The van der Waals surface area contributed by atoms with Gasteiger partial charge in [0.25, 0.3) is 32.6 Å². The second-order valence-corrected chi connectivity index (χ2v) is 10.9. The molecule has 6 unspecified atom stereocenters. The van der Waals surface area contributed by atoms with Crippen LogP contribution in [0.3, 0.4) is 0 Å². The van der Waals surface area contributed by atoms with E-state index in [4.69, 9.17) is 0 Å². The van der Waals surface area contributed by atoms with Crippen molar-refractivity contribution in [2.24, 2.45) is 5.92 Å². The van der Waals surface area contributed by atoms with Gasteiger partial charge in [0.15, 0.2) is 0 Å². The molecule has 6 atom stereocenters. The molecule has 3 aliphatic rings. The Bertz CT molecular complexity index is 408. The molecule has 7 heteroatoms. The Labute approximate surface area is 169 Å². The second kappa shape index (κ2) is 9.88. The number of hydrogen-bond acceptors (Lipinski definition) is 5. The molecule has 0 spiro atoms. The summed E-state index contributed by atoms with van der Waals surface area (Å²) in [6, 6.07) is 0.638. The third-order valence-corrected chi connectivity index (χ3v) is 8.27. The molecule has 1 aliphatic heterocycles. The van der Waals surface area contributed by atoms with Crippen molar-refractivity contribution in [1.82, 2.24) is 15.5 Å². The first-order chi connectivity index (χ1) is 12.1. The first-order valence-electron chi connectivity index (χ1n) is 10.7. The second-order valence-electron chi connectivity index (χ2n) is 8.67. The molecule has 25 heavy (non-hydrogen) atoms. The molecule has 5 nitrogen and oxygen atoms in total. The van der Waals surface area contributed by atoms with Gasteiger partial charge >= 0.3 is 0 Å². The van der Waals surface area contributed by atoms with Gasteiger partial charge in [0, 0.05) is 12.0 Å². The van der Waals surface area contributed by atoms with E-state index in [0.717, 1.165) is 45.4 Å². The van der Waals surface area contributed by atoms with Crippen LogP contribution < -0.4 is 10.6 Å². The summed E-state index contributed by atoms with van der Waals surface area (Å²) in [4.78, 5) is 2.72. The Kier molecular flexibility index (Phi) is 8.14. The lowest BCUT2D eigenvalue weighted by Crippen LogP contribution is -2.73. The van der Waals surface area contributed by atoms with Gasteiger partial charge in [-0.2, -0.15) is 0 Å². The minimum atomic E-state index is -0.374. The van der Waals surface area contributed by atoms with Gasteiger partial charge in [-0.25, -0.2) is 0 Å². The van der Waals surface area contributed by atoms with Crippen LogP contribution in [0.4, 0.5) is 0 Å². The fraction of sp³-hybridized carbons (Fsp3) is 1.00. The van der Waals surface area contributed by atoms with Crippen LogP contribution in [0.2, 0.25) is 0 Å². The molecule has 0 radical (unpaired) electrons. The van der Waals surface area contributed by atoms with Crippen LogP contribution in [0, 0.1) is 5.92 Å². The minimum Gasteiger partial charge on any atom is -0.393 e. The Hall–Kier alpha value is 0.865. The van der Waals surface area contributed by atoms with Crippen LogP contribution in [0.1, 0.15) is 70.6 Å². The van der Waals surface area contributed by atoms with E-state index >= 15 is 0 Å². The van der Waals surface area contributed by atoms with E-state index in [2.05, 4.69) is 15.5 Å². The molecule has 2 aliphatic carbocycles. The minimum absolute atomic E-state index is 0.256. The summed E-state index contributed by atoms with van der Waals surface area (Å²) in [6.07, 6.45) is 12.8. The van der Waals surface area contributed by atoms with Gasteiger partial charge in [0.05, 0.1) is 18.4 Å². The van der Waals surface area contributed by atoms with Gasteiger partial charge < -0.3 is 20.8 Å². The van der Waals surface area contributed by atoms with Crippen LogP contribution in [0.25, 0.3) is 0 Å². The molecule has 0 bridgehead atoms. The van der Waals surface area contributed by atoms with Crippen LogP contribution in [0.5, 0.6) is 0 Å². The summed E-state index contributed by atoms with van der Waals surface area (Å²) in [7, 11) is 0. The molecule has 0 aromatic heterocycles. The molecule has 1 heterocycles. The summed E-state index contributed by atoms with van der Waals surface area (Å²) in [5.41, 5.74) is 0. The van der Waals surface area contributed by atoms with E-state index in [-0.39, 0.29) is 24.3 Å². The molecule has 3 rings (SSSR count). The topological polar surface area (TPSA) is 67.8 Å². The van der Waals surface area contributed by atoms with Gasteiger partial charge in [-0.15, -0.1) is 0 Å². The van der Waals surface area contributed by atoms with Gasteiger partial charge in [0.2, 0.25) is 0 Å². The van der Waals surface area contributed by atoms with E-state index < -0.39 is 0 Å². The van der Waals surface area contributed by atoms with Gasteiger partial charge in [-0.05, 0) is 42.2 Å². The Morgan fingerprint density at radius 3 is 2.08 bits per heavy atom. The quantitative estimate of drug-likeness (QED) is 0.493. The third kappa shape index (κ3) is 5.44. The monoisotopic (exact) mass is 381 g/mol. The highest BCUT2D eigenvalue weighted by Crippen LogP contribution is 2.33. The zero-order chi connectivity index (χ0) is 17.8. The lowest BCUT2D eigenvalue weighted by atomic mass is 9.81. The average Bonchev–Trinajstić information content (AvgIpc) is 2.68. The van der Waals surface area contributed by atoms with Crippen molar-refractivity contribution < 1.29 is 10.2 Å². The van der Waals surface area contributed by atoms with Crippen LogP contribution in [-0.2, 0) is 0 Å². The highest BCUT2D eigenvalue weighted by molar-refractivity contribution is 6.14. The largest absolute Gasteiger partial charge is 0.393 e. The summed E-state index contributed by atoms with van der Waals surface area (Å²) in [6.45, 7) is 0. The van der Waals surface area contributed by atoms with Crippen molar-refractivity contribution in [2.45, 2.75) is 105 Å². The predicted octanol–water partition coefficient (Wildman–Crippen LogP) is -0.334. The lowest BCUT2D eigenvalue weighted by Gasteiger charge is -2.54. The maximum absolute atomic E-state index is 10.7. The number of aliphatic hydroxyl groups is 2. The highest BCUT2D eigenvalue weighted by Gasteiger charge is 2.43. The van der Waals surface area contributed by atoms with Crippen molar-refractivity contribution in [1.29, 1.82) is 0 Å². The van der Waals surface area contributed by atoms with Crippen molar-refractivity contribution >= 4 is 32.6 Å². The van der Waals surface area contributed by atoms with Crippen LogP contribution in [-0.4, -0.2) is 82.2 Å². The molecule has 3 fully saturated rings. The normalized spacial score (nSPS) is 43.1. The number of hydrogen-bond donors (Lipinski definition) is 4. The number of nitrogens with one attached hydrogen (secondary N) is 2. The Morgan fingerprint density at radius 2 is 1.44 bits per heavy atom. The highest BCUT2D eigenvalue weighted by atomic mass is 27.1. The van der Waals surface area contributed by atoms with E-state index in [1.165, 1.54) is 51.4 Å². The SMILES string of the molecule is OC1CCC(C2N[CH]([AlH2])N[CH]([AlH2])N2C2CCCCCCCC2)C(O)C1. The van der Waals surface area contributed by atoms with E-state index in [1.54, 1.807) is 0 Å². The number of aliphatic hydroxyl groups excluding tert-OH is 2. The zero-order valence-corrected chi connectivity index (χ0v) is 20.2. The third-order valence-electron chi connectivity index (χ3n) is 6.67. The van der Waals surface area contributed by atoms with Crippen molar-refractivity contribution in [3.05, 3.63) is 0 Å². The molecule has 4 N–H and O–H groups in total. The Balaban J connectivity index is 1.76. The fourth-order valence-electron chi connectivity index (χ4n) is 5.39. The standard InChI is InChI=1S/C18H33N3O2.2Al.4H/c22-15-9-10-16(17(23)11-15)18-20-12-19-13-21(18)14-7-5-3-1-2-4-6-8-14;;;;;;/h12-20,22-23H,1-11H2;;;;;;. The van der Waals surface area contributed by atoms with Crippen LogP contribution >= 0.6 is 0 Å². The smallest absolute Gasteiger partial charge is 0.262 e. The lowest BCUT2D eigenvalue weighted by molar-refractivity contribution is -0.0759. The summed E-state index contributed by atoms with van der Waals surface area (Å²) in [5, 5.41) is 29.1. The first kappa shape index (κ1) is 20.6. The molecule has 0 aromatic carbocycles. The maximum atomic E-state index is 10.7. The molecular formula is C18H37Al2N3O2. The molecular weight excluding hydrogens is 344 g/mol. The number of rotatable bonds is 2. The zero-order valence-electron chi connectivity index (χ0n) is 16.2. The van der Waals surface area contributed by atoms with Crippen LogP contribution in [0.15, 0.2) is 0 Å². The molecule has 142 valence electrons. The van der Waals surface area contributed by atoms with E-state index in [9.17, 15) is 10.2 Å². The van der Waals surface area contributed by atoms with E-state index in [0.29, 0.717) is 22.5 Å². The maximum Gasteiger partial charge on any atom is 0.262 e. The van der Waals surface area contributed by atoms with Crippen molar-refractivity contribution in [2.75, 3.05) is 0 Å². The summed E-state index contributed by atoms with van der Waals surface area (Å²) < 4.78 is 0. The van der Waals surface area contributed by atoms with Gasteiger partial charge in [-0.1, -0.05) is 38.5 Å². The molecule has 2 saturated carbocycles. The van der Waals surface area contributed by atoms with Crippen molar-refractivity contribution in [3.8, 4) is 0 Å². The number of nitrogens with zero attached hydrogens (tertiary/aromatic N) is 1. The fourth-order valence-corrected chi connectivity index (χ4v) is 8.13. The summed E-state index contributed by atoms with van der Waals surface area (Å²) in [5.74, 6) is 0.256. The molecule has 1 saturated heterocycles. The molecule has 0 aromatic rings. The Morgan fingerprint density at radius 1 is 0.800 bits per heavy atom. The predicted molar refractivity (Wildman–Crippen MR) is 107 cm³/mol. The first-order valence-corrected chi connectivity index (χ1v) is 13.0. The summed E-state index contributed by atoms with van der Waals surface area (Å²) >= 11 is 2.20. The van der Waals surface area contributed by atoms with Gasteiger partial charge in [0.1, 0.15) is 0 Å². The molecule has 0 amide bonds. The van der Waals surface area contributed by atoms with Gasteiger partial charge in [-0.3, -0.25) is 4.90 Å². The average molecular weight is 381 g/mol. The van der Waals surface area contributed by atoms with E-state index in [1.807, 2.05) is 0 Å².